The van der Waals surface area contributed by atoms with Crippen LogP contribution in [-0.4, -0.2) is 27.8 Å². The van der Waals surface area contributed by atoms with Crippen LogP contribution in [0.4, 0.5) is 0 Å². The molecule has 0 unspecified atom stereocenters. The summed E-state index contributed by atoms with van der Waals surface area (Å²) in [7, 11) is 1.45. The lowest BCUT2D eigenvalue weighted by Crippen LogP contribution is -2.29. The van der Waals surface area contributed by atoms with Crippen LogP contribution >= 0.6 is 0 Å². The van der Waals surface area contributed by atoms with E-state index >= 15 is 0 Å². The molecular weight excluding hydrogens is 260 g/mol. The van der Waals surface area contributed by atoms with Crippen molar-refractivity contribution in [1.29, 1.82) is 0 Å². The quantitative estimate of drug-likeness (QED) is 0.832. The normalized spacial score (nSPS) is 10.3. The first-order chi connectivity index (χ1) is 9.58. The fraction of sp³-hybridized carbons (Fsp3) is 0.214. The fourth-order valence-electron chi connectivity index (χ4n) is 1.91. The molecule has 20 heavy (non-hydrogen) atoms. The smallest absolute Gasteiger partial charge is 0.280 e. The fourth-order valence-corrected chi connectivity index (χ4v) is 1.91. The topological polar surface area (TPSA) is 81.4 Å². The summed E-state index contributed by atoms with van der Waals surface area (Å²) < 4.78 is 5.97. The van der Waals surface area contributed by atoms with Crippen LogP contribution < -0.4 is 10.3 Å². The molecule has 1 aromatic carbocycles. The molecule has 6 heteroatoms. The van der Waals surface area contributed by atoms with Gasteiger partial charge in [0.2, 0.25) is 5.78 Å². The number of hydrogen-bond donors (Lipinski definition) is 1. The average molecular weight is 274 g/mol. The number of methoxy groups -OCH3 is 1. The van der Waals surface area contributed by atoms with E-state index in [-0.39, 0.29) is 5.56 Å². The standard InChI is InChI=1S/C14H14N2O4/c1-9-7-11(14(19)16(8-17)15-9)13(18)10-5-3-4-6-12(10)20-2/h3-7,17H,8H2,1-2H3. The molecule has 1 heterocycles. The molecular formula is C14H14N2O4. The Morgan fingerprint density at radius 3 is 2.70 bits per heavy atom. The molecule has 0 radical (unpaired) electrons. The highest BCUT2D eigenvalue weighted by Gasteiger charge is 2.19. The number of carbonyl (C=O) groups excluding carboxylic acids is 1. The lowest BCUT2D eigenvalue weighted by Gasteiger charge is -2.08. The summed E-state index contributed by atoms with van der Waals surface area (Å²) >= 11 is 0. The van der Waals surface area contributed by atoms with Crippen molar-refractivity contribution in [3.63, 3.8) is 0 Å². The first-order valence-electron chi connectivity index (χ1n) is 5.95. The lowest BCUT2D eigenvalue weighted by atomic mass is 10.0. The first kappa shape index (κ1) is 14.0. The van der Waals surface area contributed by atoms with E-state index in [2.05, 4.69) is 5.10 Å². The van der Waals surface area contributed by atoms with Gasteiger partial charge in [0.25, 0.3) is 5.56 Å². The Morgan fingerprint density at radius 1 is 1.35 bits per heavy atom. The maximum absolute atomic E-state index is 12.5. The molecule has 104 valence electrons. The minimum Gasteiger partial charge on any atom is -0.496 e. The molecule has 6 nitrogen and oxygen atoms in total. The van der Waals surface area contributed by atoms with Crippen LogP contribution in [0.5, 0.6) is 5.75 Å². The Bertz CT molecular complexity index is 707. The highest BCUT2D eigenvalue weighted by molar-refractivity contribution is 6.10. The predicted molar refractivity (Wildman–Crippen MR) is 71.9 cm³/mol. The number of aliphatic hydroxyl groups is 1. The van der Waals surface area contributed by atoms with Crippen LogP contribution in [0.1, 0.15) is 21.6 Å². The zero-order valence-electron chi connectivity index (χ0n) is 11.2. The summed E-state index contributed by atoms with van der Waals surface area (Å²) in [4.78, 5) is 24.5. The number of carbonyl (C=O) groups is 1. The predicted octanol–water partition coefficient (Wildman–Crippen LogP) is 0.741. The molecule has 0 aliphatic rings. The lowest BCUT2D eigenvalue weighted by molar-refractivity contribution is 0.103. The van der Waals surface area contributed by atoms with Gasteiger partial charge >= 0.3 is 0 Å². The number of benzene rings is 1. The molecule has 0 spiro atoms. The average Bonchev–Trinajstić information content (AvgIpc) is 2.48. The number of rotatable bonds is 4. The van der Waals surface area contributed by atoms with Gasteiger partial charge in [-0.15, -0.1) is 0 Å². The summed E-state index contributed by atoms with van der Waals surface area (Å²) in [5, 5.41) is 12.9. The molecule has 0 saturated heterocycles. The Balaban J connectivity index is 2.60. The number of aryl methyl sites for hydroxylation is 1. The molecule has 0 fully saturated rings. The summed E-state index contributed by atoms with van der Waals surface area (Å²) in [6, 6.07) is 8.06. The van der Waals surface area contributed by atoms with Gasteiger partial charge < -0.3 is 9.84 Å². The molecule has 0 saturated carbocycles. The van der Waals surface area contributed by atoms with Crippen LogP contribution in [-0.2, 0) is 6.73 Å². The van der Waals surface area contributed by atoms with Crippen LogP contribution in [0.15, 0.2) is 35.1 Å². The zero-order chi connectivity index (χ0) is 14.7. The van der Waals surface area contributed by atoms with Crippen LogP contribution in [0.2, 0.25) is 0 Å². The Kier molecular flexibility index (Phi) is 3.95. The number of hydrogen-bond acceptors (Lipinski definition) is 5. The Hall–Kier alpha value is -2.47. The highest BCUT2D eigenvalue weighted by atomic mass is 16.5. The molecule has 0 aliphatic carbocycles. The van der Waals surface area contributed by atoms with Gasteiger partial charge in [0.1, 0.15) is 12.5 Å². The van der Waals surface area contributed by atoms with Crippen LogP contribution in [0, 0.1) is 6.92 Å². The Labute approximate surface area is 115 Å². The molecule has 0 aliphatic heterocycles. The number of nitrogens with zero attached hydrogens (tertiary/aromatic N) is 2. The zero-order valence-corrected chi connectivity index (χ0v) is 11.2. The molecule has 2 rings (SSSR count). The summed E-state index contributed by atoms with van der Waals surface area (Å²) in [6.45, 7) is 1.07. The third kappa shape index (κ3) is 2.46. The summed E-state index contributed by atoms with van der Waals surface area (Å²) in [6.07, 6.45) is 0. The first-order valence-corrected chi connectivity index (χ1v) is 5.95. The van der Waals surface area contributed by atoms with Gasteiger partial charge in [-0.25, -0.2) is 4.68 Å². The third-order valence-electron chi connectivity index (χ3n) is 2.83. The summed E-state index contributed by atoms with van der Waals surface area (Å²) in [5.74, 6) is -0.0675. The van der Waals surface area contributed by atoms with Gasteiger partial charge in [0, 0.05) is 0 Å². The van der Waals surface area contributed by atoms with Gasteiger partial charge in [-0.1, -0.05) is 12.1 Å². The third-order valence-corrected chi connectivity index (χ3v) is 2.83. The van der Waals surface area contributed by atoms with Gasteiger partial charge in [0.15, 0.2) is 0 Å². The van der Waals surface area contributed by atoms with E-state index in [4.69, 9.17) is 9.84 Å². The van der Waals surface area contributed by atoms with Crippen molar-refractivity contribution in [2.45, 2.75) is 13.7 Å². The molecule has 1 N–H and O–H groups in total. The van der Waals surface area contributed by atoms with E-state index in [0.29, 0.717) is 17.0 Å². The summed E-state index contributed by atoms with van der Waals surface area (Å²) in [5.41, 5.74) is 0.0872. The molecule has 0 bridgehead atoms. The number of ketones is 1. The van der Waals surface area contributed by atoms with Crippen molar-refractivity contribution in [3.05, 3.63) is 57.5 Å². The number of aliphatic hydroxyl groups excluding tert-OH is 1. The Morgan fingerprint density at radius 2 is 2.05 bits per heavy atom. The number of ether oxygens (including phenoxy) is 1. The number of aromatic nitrogens is 2. The second-order valence-electron chi connectivity index (χ2n) is 4.17. The van der Waals surface area contributed by atoms with E-state index in [1.54, 1.807) is 31.2 Å². The SMILES string of the molecule is COc1ccccc1C(=O)c1cc(C)nn(CO)c1=O. The molecule has 1 aromatic heterocycles. The maximum Gasteiger partial charge on any atom is 0.280 e. The highest BCUT2D eigenvalue weighted by Crippen LogP contribution is 2.20. The van der Waals surface area contributed by atoms with E-state index < -0.39 is 18.1 Å². The maximum atomic E-state index is 12.5. The van der Waals surface area contributed by atoms with Crippen molar-refractivity contribution < 1.29 is 14.6 Å². The van der Waals surface area contributed by atoms with Gasteiger partial charge in [-0.05, 0) is 25.1 Å². The molecule has 0 atom stereocenters. The minimum atomic E-state index is -0.631. The van der Waals surface area contributed by atoms with E-state index in [1.807, 2.05) is 0 Å². The van der Waals surface area contributed by atoms with Gasteiger partial charge in [-0.3, -0.25) is 9.59 Å². The van der Waals surface area contributed by atoms with Crippen molar-refractivity contribution in [1.82, 2.24) is 9.78 Å². The van der Waals surface area contributed by atoms with Crippen molar-refractivity contribution in [3.8, 4) is 5.75 Å². The van der Waals surface area contributed by atoms with Crippen LogP contribution in [0.25, 0.3) is 0 Å². The molecule has 0 amide bonds. The van der Waals surface area contributed by atoms with E-state index in [0.717, 1.165) is 4.68 Å². The van der Waals surface area contributed by atoms with Crippen molar-refractivity contribution in [2.75, 3.05) is 7.11 Å². The van der Waals surface area contributed by atoms with E-state index in [9.17, 15) is 9.59 Å². The molecule has 2 aromatic rings. The van der Waals surface area contributed by atoms with Crippen LogP contribution in [0.3, 0.4) is 0 Å². The minimum absolute atomic E-state index is 0.0453. The second-order valence-corrected chi connectivity index (χ2v) is 4.17. The van der Waals surface area contributed by atoms with Gasteiger partial charge in [-0.2, -0.15) is 5.10 Å². The number of para-hydroxylation sites is 1. The van der Waals surface area contributed by atoms with Crippen molar-refractivity contribution >= 4 is 5.78 Å². The monoisotopic (exact) mass is 274 g/mol. The second kappa shape index (κ2) is 5.66. The van der Waals surface area contributed by atoms with E-state index in [1.165, 1.54) is 13.2 Å². The largest absolute Gasteiger partial charge is 0.496 e. The van der Waals surface area contributed by atoms with Crippen molar-refractivity contribution in [2.24, 2.45) is 0 Å². The van der Waals surface area contributed by atoms with Gasteiger partial charge in [0.05, 0.1) is 23.9 Å².